The van der Waals surface area contributed by atoms with Gasteiger partial charge in [-0.15, -0.1) is 0 Å². The topological polar surface area (TPSA) is 71.3 Å². The van der Waals surface area contributed by atoms with E-state index in [0.717, 1.165) is 19.3 Å². The van der Waals surface area contributed by atoms with Gasteiger partial charge in [-0.2, -0.15) is 0 Å². The third-order valence-electron chi connectivity index (χ3n) is 5.03. The highest BCUT2D eigenvalue weighted by atomic mass is 16.3. The molecule has 4 rings (SSSR count). The van der Waals surface area contributed by atoms with Gasteiger partial charge in [-0.1, -0.05) is 18.2 Å². The van der Waals surface area contributed by atoms with Gasteiger partial charge in [0.25, 0.3) is 11.8 Å². The number of benzene rings is 2. The van der Waals surface area contributed by atoms with E-state index in [-0.39, 0.29) is 11.8 Å². The Labute approximate surface area is 163 Å². The van der Waals surface area contributed by atoms with Crippen LogP contribution in [0, 0.1) is 0 Å². The maximum absolute atomic E-state index is 12.8. The van der Waals surface area contributed by atoms with Crippen LogP contribution in [0.4, 0.5) is 5.69 Å². The Morgan fingerprint density at radius 1 is 0.893 bits per heavy atom. The summed E-state index contributed by atoms with van der Waals surface area (Å²) in [5, 5.41) is 5.70. The van der Waals surface area contributed by atoms with Gasteiger partial charge in [-0.3, -0.25) is 9.59 Å². The zero-order chi connectivity index (χ0) is 19.3. The number of hydrogen-bond donors (Lipinski definition) is 2. The molecule has 0 spiro atoms. The van der Waals surface area contributed by atoms with E-state index in [2.05, 4.69) is 10.6 Å². The van der Waals surface area contributed by atoms with E-state index in [1.165, 1.54) is 17.5 Å². The van der Waals surface area contributed by atoms with Gasteiger partial charge in [0, 0.05) is 5.56 Å². The second-order valence-electron chi connectivity index (χ2n) is 6.95. The zero-order valence-electron chi connectivity index (χ0n) is 15.5. The predicted octanol–water partition coefficient (Wildman–Crippen LogP) is 4.34. The van der Waals surface area contributed by atoms with E-state index in [4.69, 9.17) is 4.42 Å². The number of nitrogens with one attached hydrogen (secondary N) is 2. The fourth-order valence-corrected chi connectivity index (χ4v) is 3.54. The number of amides is 2. The van der Waals surface area contributed by atoms with Crippen molar-refractivity contribution >= 4 is 17.5 Å². The number of para-hydroxylation sites is 1. The monoisotopic (exact) mass is 374 g/mol. The summed E-state index contributed by atoms with van der Waals surface area (Å²) in [5.41, 5.74) is 4.11. The molecule has 0 radical (unpaired) electrons. The molecule has 1 aliphatic rings. The summed E-state index contributed by atoms with van der Waals surface area (Å²) in [6, 6.07) is 16.5. The average molecular weight is 374 g/mol. The summed E-state index contributed by atoms with van der Waals surface area (Å²) in [4.78, 5) is 25.3. The number of hydrogen-bond acceptors (Lipinski definition) is 3. The molecule has 0 saturated carbocycles. The van der Waals surface area contributed by atoms with Crippen LogP contribution in [0.1, 0.15) is 50.4 Å². The lowest BCUT2D eigenvalue weighted by atomic mass is 9.90. The highest BCUT2D eigenvalue weighted by molar-refractivity contribution is 6.09. The van der Waals surface area contributed by atoms with Gasteiger partial charge in [0.05, 0.1) is 24.1 Å². The molecule has 28 heavy (non-hydrogen) atoms. The van der Waals surface area contributed by atoms with Crippen LogP contribution in [0.15, 0.2) is 65.3 Å². The highest BCUT2D eigenvalue weighted by Crippen LogP contribution is 2.23. The van der Waals surface area contributed by atoms with Crippen LogP contribution in [0.3, 0.4) is 0 Å². The van der Waals surface area contributed by atoms with Gasteiger partial charge in [0.1, 0.15) is 5.76 Å². The van der Waals surface area contributed by atoms with E-state index in [1.807, 2.05) is 18.2 Å². The molecule has 0 fully saturated rings. The van der Waals surface area contributed by atoms with Crippen molar-refractivity contribution in [3.63, 3.8) is 0 Å². The molecule has 0 saturated heterocycles. The molecule has 1 heterocycles. The molecule has 0 bridgehead atoms. The van der Waals surface area contributed by atoms with Gasteiger partial charge in [-0.25, -0.2) is 0 Å². The molecular weight excluding hydrogens is 352 g/mol. The lowest BCUT2D eigenvalue weighted by Gasteiger charge is -2.17. The molecule has 5 heteroatoms. The maximum Gasteiger partial charge on any atom is 0.255 e. The first-order chi connectivity index (χ1) is 13.7. The molecular formula is C23H22N2O3. The second-order valence-corrected chi connectivity index (χ2v) is 6.95. The number of rotatable bonds is 5. The third kappa shape index (κ3) is 3.98. The summed E-state index contributed by atoms with van der Waals surface area (Å²) in [6.07, 6.45) is 6.03. The van der Waals surface area contributed by atoms with E-state index in [9.17, 15) is 9.59 Å². The van der Waals surface area contributed by atoms with Crippen LogP contribution in [-0.2, 0) is 19.4 Å². The van der Waals surface area contributed by atoms with Crippen molar-refractivity contribution in [2.45, 2.75) is 32.2 Å². The lowest BCUT2D eigenvalue weighted by Crippen LogP contribution is -2.24. The van der Waals surface area contributed by atoms with Crippen LogP contribution in [0.5, 0.6) is 0 Å². The SMILES string of the molecule is O=C(Nc1ccccc1C(=O)NCc1ccco1)c1ccc2c(c1)CCCC2. The van der Waals surface area contributed by atoms with Gasteiger partial charge in [0.15, 0.2) is 0 Å². The Morgan fingerprint density at radius 2 is 1.71 bits per heavy atom. The Kier molecular flexibility index (Phi) is 5.24. The Hall–Kier alpha value is -3.34. The number of aryl methyl sites for hydroxylation is 2. The van der Waals surface area contributed by atoms with Crippen molar-refractivity contribution in [2.24, 2.45) is 0 Å². The molecule has 2 N–H and O–H groups in total. The molecule has 1 aromatic heterocycles. The average Bonchev–Trinajstić information content (AvgIpc) is 3.25. The van der Waals surface area contributed by atoms with Gasteiger partial charge in [0.2, 0.25) is 0 Å². The minimum atomic E-state index is -0.266. The molecule has 142 valence electrons. The first kappa shape index (κ1) is 18.0. The molecule has 2 amide bonds. The summed E-state index contributed by atoms with van der Waals surface area (Å²) in [5.74, 6) is 0.196. The van der Waals surface area contributed by atoms with Crippen LogP contribution in [-0.4, -0.2) is 11.8 Å². The number of carbonyl (C=O) groups excluding carboxylic acids is 2. The van der Waals surface area contributed by atoms with Crippen LogP contribution < -0.4 is 10.6 Å². The minimum Gasteiger partial charge on any atom is -0.467 e. The highest BCUT2D eigenvalue weighted by Gasteiger charge is 2.16. The number of anilines is 1. The van der Waals surface area contributed by atoms with Crippen LogP contribution in [0.2, 0.25) is 0 Å². The normalized spacial score (nSPS) is 12.9. The van der Waals surface area contributed by atoms with E-state index in [0.29, 0.717) is 29.1 Å². The summed E-state index contributed by atoms with van der Waals surface area (Å²) in [7, 11) is 0. The Morgan fingerprint density at radius 3 is 2.54 bits per heavy atom. The van der Waals surface area contributed by atoms with E-state index in [1.54, 1.807) is 42.7 Å². The van der Waals surface area contributed by atoms with Gasteiger partial charge in [-0.05, 0) is 73.2 Å². The van der Waals surface area contributed by atoms with Crippen molar-refractivity contribution in [1.29, 1.82) is 0 Å². The van der Waals surface area contributed by atoms with E-state index < -0.39 is 0 Å². The Bertz CT molecular complexity index is 993. The van der Waals surface area contributed by atoms with Crippen molar-refractivity contribution in [3.8, 4) is 0 Å². The smallest absolute Gasteiger partial charge is 0.255 e. The molecule has 1 aliphatic carbocycles. The van der Waals surface area contributed by atoms with Crippen LogP contribution >= 0.6 is 0 Å². The number of fused-ring (bicyclic) bond motifs is 1. The van der Waals surface area contributed by atoms with E-state index >= 15 is 0 Å². The summed E-state index contributed by atoms with van der Waals surface area (Å²) < 4.78 is 5.23. The Balaban J connectivity index is 1.48. The molecule has 0 unspecified atom stereocenters. The van der Waals surface area contributed by atoms with Crippen molar-refractivity contribution in [3.05, 3.63) is 88.9 Å². The van der Waals surface area contributed by atoms with Crippen LogP contribution in [0.25, 0.3) is 0 Å². The minimum absolute atomic E-state index is 0.209. The quantitative estimate of drug-likeness (QED) is 0.698. The first-order valence-corrected chi connectivity index (χ1v) is 9.53. The molecule has 2 aromatic carbocycles. The standard InChI is InChI=1S/C23H22N2O3/c26-22(18-12-11-16-6-1-2-7-17(16)14-18)25-21-10-4-3-9-20(21)23(27)24-15-19-8-5-13-28-19/h3-5,8-14H,1-2,6-7,15H2,(H,24,27)(H,25,26). The zero-order valence-corrected chi connectivity index (χ0v) is 15.5. The van der Waals surface area contributed by atoms with Crippen molar-refractivity contribution in [2.75, 3.05) is 5.32 Å². The second kappa shape index (κ2) is 8.13. The van der Waals surface area contributed by atoms with Crippen molar-refractivity contribution in [1.82, 2.24) is 5.32 Å². The van der Waals surface area contributed by atoms with Crippen molar-refractivity contribution < 1.29 is 14.0 Å². The largest absolute Gasteiger partial charge is 0.467 e. The van der Waals surface area contributed by atoms with Gasteiger partial charge < -0.3 is 15.1 Å². The molecule has 3 aromatic rings. The number of carbonyl (C=O) groups is 2. The summed E-state index contributed by atoms with van der Waals surface area (Å²) in [6.45, 7) is 0.291. The first-order valence-electron chi connectivity index (χ1n) is 9.53. The third-order valence-corrected chi connectivity index (χ3v) is 5.03. The molecule has 0 aliphatic heterocycles. The predicted molar refractivity (Wildman–Crippen MR) is 107 cm³/mol. The fourth-order valence-electron chi connectivity index (χ4n) is 3.54. The molecule has 5 nitrogen and oxygen atoms in total. The maximum atomic E-state index is 12.8. The fraction of sp³-hybridized carbons (Fsp3) is 0.217. The summed E-state index contributed by atoms with van der Waals surface area (Å²) >= 11 is 0. The molecule has 0 atom stereocenters. The number of furan rings is 1. The lowest BCUT2D eigenvalue weighted by molar-refractivity contribution is 0.0949. The van der Waals surface area contributed by atoms with Gasteiger partial charge >= 0.3 is 0 Å².